The second kappa shape index (κ2) is 5.68. The Morgan fingerprint density at radius 2 is 2.29 bits per heavy atom. The minimum atomic E-state index is -3.59. The van der Waals surface area contributed by atoms with Crippen molar-refractivity contribution >= 4 is 33.0 Å². The van der Waals surface area contributed by atoms with Gasteiger partial charge in [0, 0.05) is 18.4 Å². The molecule has 114 valence electrons. The zero-order valence-electron chi connectivity index (χ0n) is 11.4. The van der Waals surface area contributed by atoms with Gasteiger partial charge in [-0.2, -0.15) is 0 Å². The lowest BCUT2D eigenvalue weighted by atomic mass is 10.2. The SMILES string of the molecule is Cc1nc(Cl)sc1S(=O)(=O)NC1CCCC1n1ccnc1. The van der Waals surface area contributed by atoms with Crippen LogP contribution in [0.4, 0.5) is 0 Å². The fourth-order valence-electron chi connectivity index (χ4n) is 2.75. The van der Waals surface area contributed by atoms with Gasteiger partial charge in [-0.25, -0.2) is 23.1 Å². The zero-order valence-corrected chi connectivity index (χ0v) is 13.7. The van der Waals surface area contributed by atoms with Gasteiger partial charge < -0.3 is 4.57 Å². The van der Waals surface area contributed by atoms with Crippen LogP contribution in [-0.4, -0.2) is 29.0 Å². The highest BCUT2D eigenvalue weighted by atomic mass is 35.5. The van der Waals surface area contributed by atoms with Crippen molar-refractivity contribution in [2.45, 2.75) is 42.5 Å². The Hall–Kier alpha value is -0.960. The molecular formula is C12H15ClN4O2S2. The first kappa shape index (κ1) is 15.0. The van der Waals surface area contributed by atoms with Crippen LogP contribution < -0.4 is 4.72 Å². The van der Waals surface area contributed by atoms with E-state index in [2.05, 4.69) is 14.7 Å². The Bertz CT molecular complexity index is 727. The van der Waals surface area contributed by atoms with Gasteiger partial charge in [0.15, 0.2) is 8.68 Å². The normalized spacial score (nSPS) is 22.8. The lowest BCUT2D eigenvalue weighted by Crippen LogP contribution is -2.38. The average Bonchev–Trinajstić information content (AvgIpc) is 3.09. The molecule has 2 heterocycles. The first-order valence-electron chi connectivity index (χ1n) is 6.60. The number of sulfonamides is 1. The average molecular weight is 347 g/mol. The van der Waals surface area contributed by atoms with E-state index in [0.29, 0.717) is 5.69 Å². The largest absolute Gasteiger partial charge is 0.333 e. The lowest BCUT2D eigenvalue weighted by Gasteiger charge is -2.21. The van der Waals surface area contributed by atoms with Crippen LogP contribution in [0.25, 0.3) is 0 Å². The van der Waals surface area contributed by atoms with Gasteiger partial charge in [0.25, 0.3) is 10.0 Å². The predicted molar refractivity (Wildman–Crippen MR) is 81.1 cm³/mol. The number of thiazole rings is 1. The van der Waals surface area contributed by atoms with Crippen LogP contribution in [0, 0.1) is 6.92 Å². The van der Waals surface area contributed by atoms with Crippen molar-refractivity contribution < 1.29 is 8.42 Å². The third-order valence-electron chi connectivity index (χ3n) is 3.67. The van der Waals surface area contributed by atoms with Crippen LogP contribution in [0.5, 0.6) is 0 Å². The van der Waals surface area contributed by atoms with E-state index in [4.69, 9.17) is 11.6 Å². The van der Waals surface area contributed by atoms with Gasteiger partial charge in [-0.3, -0.25) is 0 Å². The van der Waals surface area contributed by atoms with E-state index in [1.54, 1.807) is 19.4 Å². The van der Waals surface area contributed by atoms with E-state index < -0.39 is 10.0 Å². The second-order valence-electron chi connectivity index (χ2n) is 5.08. The van der Waals surface area contributed by atoms with Crippen molar-refractivity contribution in [1.82, 2.24) is 19.3 Å². The summed E-state index contributed by atoms with van der Waals surface area (Å²) in [7, 11) is -3.59. The third kappa shape index (κ3) is 2.98. The van der Waals surface area contributed by atoms with Crippen molar-refractivity contribution in [3.63, 3.8) is 0 Å². The molecule has 1 N–H and O–H groups in total. The number of imidazole rings is 1. The zero-order chi connectivity index (χ0) is 15.0. The first-order valence-corrected chi connectivity index (χ1v) is 9.28. The summed E-state index contributed by atoms with van der Waals surface area (Å²) in [5.74, 6) is 0. The Balaban J connectivity index is 1.83. The maximum absolute atomic E-state index is 12.5. The Morgan fingerprint density at radius 1 is 1.48 bits per heavy atom. The van der Waals surface area contributed by atoms with Crippen molar-refractivity contribution in [2.75, 3.05) is 0 Å². The molecule has 0 aromatic carbocycles. The highest BCUT2D eigenvalue weighted by molar-refractivity contribution is 7.91. The summed E-state index contributed by atoms with van der Waals surface area (Å²) in [4.78, 5) is 8.00. The van der Waals surface area contributed by atoms with Crippen LogP contribution in [0.2, 0.25) is 4.47 Å². The fraction of sp³-hybridized carbons (Fsp3) is 0.500. The molecular weight excluding hydrogens is 332 g/mol. The summed E-state index contributed by atoms with van der Waals surface area (Å²) < 4.78 is 30.2. The molecule has 2 unspecified atom stereocenters. The molecule has 0 spiro atoms. The van der Waals surface area contributed by atoms with Gasteiger partial charge in [-0.15, -0.1) is 0 Å². The molecule has 3 rings (SSSR count). The molecule has 0 bridgehead atoms. The smallest absolute Gasteiger partial charge is 0.252 e. The van der Waals surface area contributed by atoms with E-state index in [0.717, 1.165) is 30.6 Å². The molecule has 0 saturated heterocycles. The molecule has 1 aliphatic rings. The van der Waals surface area contributed by atoms with E-state index in [-0.39, 0.29) is 20.8 Å². The number of nitrogens with one attached hydrogen (secondary N) is 1. The number of rotatable bonds is 4. The minimum absolute atomic E-state index is 0.103. The van der Waals surface area contributed by atoms with E-state index in [1.165, 1.54) is 0 Å². The summed E-state index contributed by atoms with van der Waals surface area (Å²) in [5, 5.41) is 0. The third-order valence-corrected chi connectivity index (χ3v) is 7.03. The molecule has 0 radical (unpaired) electrons. The number of halogens is 1. The molecule has 1 fully saturated rings. The molecule has 0 aliphatic heterocycles. The minimum Gasteiger partial charge on any atom is -0.333 e. The van der Waals surface area contributed by atoms with E-state index >= 15 is 0 Å². The van der Waals surface area contributed by atoms with Gasteiger partial charge in [-0.05, 0) is 26.2 Å². The molecule has 21 heavy (non-hydrogen) atoms. The molecule has 1 saturated carbocycles. The van der Waals surface area contributed by atoms with Crippen molar-refractivity contribution in [3.05, 3.63) is 28.9 Å². The van der Waals surface area contributed by atoms with Crippen LogP contribution in [0.3, 0.4) is 0 Å². The van der Waals surface area contributed by atoms with Crippen molar-refractivity contribution in [1.29, 1.82) is 0 Å². The highest BCUT2D eigenvalue weighted by Crippen LogP contribution is 2.33. The lowest BCUT2D eigenvalue weighted by molar-refractivity contribution is 0.431. The van der Waals surface area contributed by atoms with Gasteiger partial charge in [0.05, 0.1) is 18.1 Å². The van der Waals surface area contributed by atoms with Crippen molar-refractivity contribution in [2.24, 2.45) is 0 Å². The maximum Gasteiger partial charge on any atom is 0.252 e. The van der Waals surface area contributed by atoms with Crippen LogP contribution in [-0.2, 0) is 10.0 Å². The van der Waals surface area contributed by atoms with Crippen LogP contribution in [0.1, 0.15) is 31.0 Å². The predicted octanol–water partition coefficient (Wildman–Crippen LogP) is 2.37. The van der Waals surface area contributed by atoms with Crippen LogP contribution in [0.15, 0.2) is 22.9 Å². The molecule has 2 aromatic heterocycles. The Labute approximate surface area is 132 Å². The topological polar surface area (TPSA) is 76.9 Å². The van der Waals surface area contributed by atoms with Gasteiger partial charge >= 0.3 is 0 Å². The Kier molecular flexibility index (Phi) is 4.04. The second-order valence-corrected chi connectivity index (χ2v) is 8.57. The molecule has 2 atom stereocenters. The highest BCUT2D eigenvalue weighted by Gasteiger charge is 2.33. The standard InChI is InChI=1S/C12H15ClN4O2S2/c1-8-11(20-12(13)15-8)21(18,19)16-9-3-2-4-10(9)17-6-5-14-7-17/h5-7,9-10,16H,2-4H2,1H3. The molecule has 9 heteroatoms. The summed E-state index contributed by atoms with van der Waals surface area (Å²) >= 11 is 6.79. The number of hydrogen-bond donors (Lipinski definition) is 1. The monoisotopic (exact) mass is 346 g/mol. The maximum atomic E-state index is 12.5. The molecule has 6 nitrogen and oxygen atoms in total. The molecule has 1 aliphatic carbocycles. The fourth-order valence-corrected chi connectivity index (χ4v) is 5.81. The van der Waals surface area contributed by atoms with E-state index in [9.17, 15) is 8.42 Å². The first-order chi connectivity index (χ1) is 9.97. The molecule has 0 amide bonds. The van der Waals surface area contributed by atoms with Gasteiger partial charge in [0.1, 0.15) is 0 Å². The quantitative estimate of drug-likeness (QED) is 0.922. The van der Waals surface area contributed by atoms with E-state index in [1.807, 2.05) is 10.8 Å². The number of nitrogens with zero attached hydrogens (tertiary/aromatic N) is 3. The van der Waals surface area contributed by atoms with Gasteiger partial charge in [-0.1, -0.05) is 22.9 Å². The van der Waals surface area contributed by atoms with Gasteiger partial charge in [0.2, 0.25) is 0 Å². The summed E-state index contributed by atoms with van der Waals surface area (Å²) in [6, 6.07) is -0.0320. The van der Waals surface area contributed by atoms with Crippen molar-refractivity contribution in [3.8, 4) is 0 Å². The summed E-state index contributed by atoms with van der Waals surface area (Å²) in [6.45, 7) is 1.65. The summed E-state index contributed by atoms with van der Waals surface area (Å²) in [5.41, 5.74) is 0.440. The van der Waals surface area contributed by atoms with Crippen LogP contribution >= 0.6 is 22.9 Å². The number of aromatic nitrogens is 3. The molecule has 2 aromatic rings. The Morgan fingerprint density at radius 3 is 2.90 bits per heavy atom. The summed E-state index contributed by atoms with van der Waals surface area (Å²) in [6.07, 6.45) is 8.04. The number of aryl methyl sites for hydroxylation is 1. The number of hydrogen-bond acceptors (Lipinski definition) is 5.